The molecular formula is C14H11FN2S2. The maximum absolute atomic E-state index is 13.8. The Labute approximate surface area is 118 Å². The highest BCUT2D eigenvalue weighted by Gasteiger charge is 2.31. The van der Waals surface area contributed by atoms with Crippen molar-refractivity contribution in [1.29, 1.82) is 0 Å². The van der Waals surface area contributed by atoms with E-state index in [0.29, 0.717) is 0 Å². The van der Waals surface area contributed by atoms with Crippen molar-refractivity contribution in [3.8, 4) is 0 Å². The molecule has 0 unspecified atom stereocenters. The van der Waals surface area contributed by atoms with Crippen LogP contribution in [0, 0.1) is 5.82 Å². The van der Waals surface area contributed by atoms with Gasteiger partial charge in [-0.25, -0.2) is 4.39 Å². The van der Waals surface area contributed by atoms with Crippen LogP contribution < -0.4 is 0 Å². The molecule has 2 nitrogen and oxygen atoms in total. The van der Waals surface area contributed by atoms with Crippen LogP contribution in [0.3, 0.4) is 0 Å². The Morgan fingerprint density at radius 1 is 1.32 bits per heavy atom. The van der Waals surface area contributed by atoms with Gasteiger partial charge in [0.2, 0.25) is 0 Å². The predicted molar refractivity (Wildman–Crippen MR) is 81.0 cm³/mol. The number of thiophene rings is 1. The lowest BCUT2D eigenvalue weighted by Gasteiger charge is -2.18. The maximum atomic E-state index is 13.8. The highest BCUT2D eigenvalue weighted by atomic mass is 32.2. The SMILES string of the molecule is CC1=C(c2ccc(F)c3sccc23)N2CCN=C2S1. The molecule has 19 heavy (non-hydrogen) atoms. The highest BCUT2D eigenvalue weighted by molar-refractivity contribution is 8.17. The molecule has 1 aromatic carbocycles. The van der Waals surface area contributed by atoms with Crippen molar-refractivity contribution in [3.05, 3.63) is 39.9 Å². The number of aliphatic imine (C=N–C) groups is 1. The molecular weight excluding hydrogens is 279 g/mol. The normalized spacial score (nSPS) is 18.4. The summed E-state index contributed by atoms with van der Waals surface area (Å²) in [5.74, 6) is -0.132. The summed E-state index contributed by atoms with van der Waals surface area (Å²) < 4.78 is 14.5. The molecule has 1 aromatic heterocycles. The average molecular weight is 290 g/mol. The number of benzene rings is 1. The number of allylic oxidation sites excluding steroid dienone is 1. The van der Waals surface area contributed by atoms with Crippen molar-refractivity contribution in [2.75, 3.05) is 13.1 Å². The van der Waals surface area contributed by atoms with Gasteiger partial charge in [-0.05, 0) is 30.5 Å². The third-order valence-corrected chi connectivity index (χ3v) is 5.43. The Balaban J connectivity index is 1.96. The number of hydrogen-bond donors (Lipinski definition) is 0. The molecule has 0 radical (unpaired) electrons. The molecule has 0 N–H and O–H groups in total. The summed E-state index contributed by atoms with van der Waals surface area (Å²) in [7, 11) is 0. The number of hydrogen-bond acceptors (Lipinski definition) is 4. The van der Waals surface area contributed by atoms with E-state index >= 15 is 0 Å². The number of fused-ring (bicyclic) bond motifs is 2. The van der Waals surface area contributed by atoms with Crippen molar-refractivity contribution in [3.63, 3.8) is 0 Å². The molecule has 96 valence electrons. The molecule has 0 atom stereocenters. The van der Waals surface area contributed by atoms with E-state index in [-0.39, 0.29) is 5.82 Å². The van der Waals surface area contributed by atoms with Crippen molar-refractivity contribution in [1.82, 2.24) is 4.90 Å². The Morgan fingerprint density at radius 3 is 3.11 bits per heavy atom. The van der Waals surface area contributed by atoms with Crippen LogP contribution in [-0.2, 0) is 0 Å². The van der Waals surface area contributed by atoms with E-state index in [0.717, 1.165) is 33.9 Å². The van der Waals surface area contributed by atoms with E-state index < -0.39 is 0 Å². The molecule has 2 aromatic rings. The molecule has 0 aliphatic carbocycles. The second-order valence-corrected chi connectivity index (χ2v) is 6.68. The van der Waals surface area contributed by atoms with Gasteiger partial charge in [-0.15, -0.1) is 11.3 Å². The minimum Gasteiger partial charge on any atom is -0.318 e. The molecule has 0 amide bonds. The smallest absolute Gasteiger partial charge is 0.168 e. The second kappa shape index (κ2) is 4.08. The Hall–Kier alpha value is -1.33. The Bertz CT molecular complexity index is 745. The zero-order valence-electron chi connectivity index (χ0n) is 10.3. The highest BCUT2D eigenvalue weighted by Crippen LogP contribution is 2.43. The van der Waals surface area contributed by atoms with E-state index in [1.807, 2.05) is 17.5 Å². The Kier molecular flexibility index (Phi) is 2.47. The number of nitrogens with zero attached hydrogens (tertiary/aromatic N) is 2. The third kappa shape index (κ3) is 1.58. The number of thioether (sulfide) groups is 1. The van der Waals surface area contributed by atoms with Gasteiger partial charge in [0, 0.05) is 22.4 Å². The monoisotopic (exact) mass is 290 g/mol. The summed E-state index contributed by atoms with van der Waals surface area (Å²) in [5, 5.41) is 4.04. The molecule has 0 saturated heterocycles. The number of rotatable bonds is 1. The van der Waals surface area contributed by atoms with E-state index in [1.54, 1.807) is 17.8 Å². The maximum Gasteiger partial charge on any atom is 0.168 e. The van der Waals surface area contributed by atoms with Gasteiger partial charge < -0.3 is 4.90 Å². The van der Waals surface area contributed by atoms with Crippen LogP contribution in [0.4, 0.5) is 4.39 Å². The van der Waals surface area contributed by atoms with Crippen LogP contribution in [0.5, 0.6) is 0 Å². The standard InChI is InChI=1S/C14H11FN2S2/c1-8-12(17-6-5-16-14(17)19-8)9-2-3-11(15)13-10(9)4-7-18-13/h2-4,7H,5-6H2,1H3. The molecule has 5 heteroatoms. The lowest BCUT2D eigenvalue weighted by Crippen LogP contribution is -2.20. The quantitative estimate of drug-likeness (QED) is 0.784. The topological polar surface area (TPSA) is 15.6 Å². The zero-order chi connectivity index (χ0) is 13.0. The number of halogens is 1. The third-order valence-electron chi connectivity index (χ3n) is 3.47. The molecule has 0 saturated carbocycles. The van der Waals surface area contributed by atoms with E-state index in [4.69, 9.17) is 0 Å². The fourth-order valence-electron chi connectivity index (χ4n) is 2.67. The van der Waals surface area contributed by atoms with Gasteiger partial charge in [0.15, 0.2) is 5.17 Å². The molecule has 3 heterocycles. The first kappa shape index (κ1) is 11.5. The molecule has 2 aliphatic heterocycles. The lowest BCUT2D eigenvalue weighted by molar-refractivity contribution is 0.639. The minimum absolute atomic E-state index is 0.132. The van der Waals surface area contributed by atoms with Gasteiger partial charge in [0.05, 0.1) is 16.9 Å². The second-order valence-electron chi connectivity index (χ2n) is 4.58. The van der Waals surface area contributed by atoms with E-state index in [2.05, 4.69) is 16.8 Å². The van der Waals surface area contributed by atoms with Gasteiger partial charge in [-0.3, -0.25) is 4.99 Å². The van der Waals surface area contributed by atoms with E-state index in [9.17, 15) is 4.39 Å². The summed E-state index contributed by atoms with van der Waals surface area (Å²) in [6, 6.07) is 5.48. The fourth-order valence-corrected chi connectivity index (χ4v) is 4.53. The first-order valence-electron chi connectivity index (χ1n) is 6.12. The first-order valence-corrected chi connectivity index (χ1v) is 7.82. The van der Waals surface area contributed by atoms with Crippen LogP contribution in [0.1, 0.15) is 12.5 Å². The largest absolute Gasteiger partial charge is 0.318 e. The number of amidine groups is 1. The lowest BCUT2D eigenvalue weighted by atomic mass is 10.1. The summed E-state index contributed by atoms with van der Waals surface area (Å²) in [6.45, 7) is 3.90. The van der Waals surface area contributed by atoms with E-state index in [1.165, 1.54) is 21.9 Å². The van der Waals surface area contributed by atoms with Crippen LogP contribution in [0.15, 0.2) is 33.5 Å². The zero-order valence-corrected chi connectivity index (χ0v) is 11.9. The van der Waals surface area contributed by atoms with Crippen molar-refractivity contribution in [2.24, 2.45) is 4.99 Å². The summed E-state index contributed by atoms with van der Waals surface area (Å²) in [6.07, 6.45) is 0. The van der Waals surface area contributed by atoms with Crippen molar-refractivity contribution < 1.29 is 4.39 Å². The van der Waals surface area contributed by atoms with Gasteiger partial charge in [0.25, 0.3) is 0 Å². The minimum atomic E-state index is -0.132. The van der Waals surface area contributed by atoms with Crippen LogP contribution in [-0.4, -0.2) is 23.2 Å². The molecule has 0 spiro atoms. The molecule has 4 rings (SSSR count). The fraction of sp³-hybridized carbons (Fsp3) is 0.214. The Morgan fingerprint density at radius 2 is 2.21 bits per heavy atom. The van der Waals surface area contributed by atoms with Crippen molar-refractivity contribution in [2.45, 2.75) is 6.92 Å². The first-order chi connectivity index (χ1) is 9.25. The molecule has 0 fully saturated rings. The van der Waals surface area contributed by atoms with Crippen LogP contribution >= 0.6 is 23.1 Å². The van der Waals surface area contributed by atoms with Crippen molar-refractivity contribution >= 4 is 44.0 Å². The van der Waals surface area contributed by atoms with Crippen LogP contribution in [0.2, 0.25) is 0 Å². The van der Waals surface area contributed by atoms with Gasteiger partial charge >= 0.3 is 0 Å². The van der Waals surface area contributed by atoms with Gasteiger partial charge in [0.1, 0.15) is 5.82 Å². The summed E-state index contributed by atoms with van der Waals surface area (Å²) in [4.78, 5) is 8.00. The van der Waals surface area contributed by atoms with Gasteiger partial charge in [-0.2, -0.15) is 0 Å². The summed E-state index contributed by atoms with van der Waals surface area (Å²) in [5.41, 5.74) is 2.32. The summed E-state index contributed by atoms with van der Waals surface area (Å²) >= 11 is 3.18. The average Bonchev–Trinajstić information content (AvgIpc) is 3.05. The predicted octanol–water partition coefficient (Wildman–Crippen LogP) is 4.15. The molecule has 2 aliphatic rings. The van der Waals surface area contributed by atoms with Gasteiger partial charge in [-0.1, -0.05) is 11.8 Å². The molecule has 0 bridgehead atoms. The van der Waals surface area contributed by atoms with Crippen LogP contribution in [0.25, 0.3) is 15.8 Å².